The van der Waals surface area contributed by atoms with E-state index < -0.39 is 5.97 Å². The van der Waals surface area contributed by atoms with E-state index in [2.05, 4.69) is 72.0 Å². The van der Waals surface area contributed by atoms with Gasteiger partial charge in [0.1, 0.15) is 104 Å². The maximum Gasteiger partial charge on any atom is 0.339 e. The van der Waals surface area contributed by atoms with E-state index >= 15 is 0 Å². The lowest BCUT2D eigenvalue weighted by molar-refractivity contribution is 0.0689. The third-order valence-electron chi connectivity index (χ3n) is 19.0. The smallest absolute Gasteiger partial charge is 0.339 e. The zero-order valence-electron chi connectivity index (χ0n) is 65.7. The van der Waals surface area contributed by atoms with Crippen molar-refractivity contribution in [1.82, 2.24) is 30.2 Å². The van der Waals surface area contributed by atoms with Crippen molar-refractivity contribution >= 4 is 28.9 Å². The van der Waals surface area contributed by atoms with Crippen LogP contribution in [0, 0.1) is 0 Å². The molecule has 13 rings (SSSR count). The minimum absolute atomic E-state index is 0.00494. The van der Waals surface area contributed by atoms with Gasteiger partial charge in [-0.2, -0.15) is 0 Å². The molecule has 3 aliphatic heterocycles. The van der Waals surface area contributed by atoms with E-state index in [0.717, 1.165) is 118 Å². The first kappa shape index (κ1) is 82.6. The number of carbonyl (C=O) groups is 3. The fraction of sp³-hybridized carbons (Fsp3) is 0.280. The molecule has 0 bridgehead atoms. The van der Waals surface area contributed by atoms with E-state index in [1.807, 2.05) is 218 Å². The summed E-state index contributed by atoms with van der Waals surface area (Å²) in [5.41, 5.74) is 15.3. The Morgan fingerprint density at radius 3 is 1.21 bits per heavy atom. The Kier molecular flexibility index (Phi) is 30.0. The summed E-state index contributed by atoms with van der Waals surface area (Å²) >= 11 is 0. The number of nitrogens with one attached hydrogen (secondary N) is 2. The molecule has 3 heterocycles. The Hall–Kier alpha value is -11.9. The zero-order valence-corrected chi connectivity index (χ0v) is 65.7. The van der Waals surface area contributed by atoms with Gasteiger partial charge < -0.3 is 78.7 Å². The van der Waals surface area contributed by atoms with Crippen LogP contribution in [0.15, 0.2) is 225 Å². The number of allylic oxidation sites excluding steroid dienone is 2. The standard InChI is InChI=1S/C35H36N2O4.C24H22O4.C22H28N2O4.C12H18N2O/c1-25(2)29-19-30(35(38)37-21-28-15-10-16-32(31(28)22-37)39-18-17-36-3)34(41-24-27-13-8-5-9-14-27)20-33(29)40-23-26-11-6-4-7-12-26;1-17(2)20-13-21(24(25)26)23(28-16-19-11-7-4-8-12-19)14-22(20)27-15-18-9-5-3-6-10-18;1-14(2)16-10-17(20(26)11-19(16)25)22(27)24-12-15-6-5-7-21(18(15)13-24)28-9-8-23(3)4;1-14(2)6-7-15-12-5-3-4-10-8-13-9-11(10)12/h4-16,19-20,36H,1,17-18,21-24H2,2-3H3;3-14H,1,15-16H2,2H3,(H,25,26);5-7,10-11,14,25-26H,8-9,12-13H2,1-4H3;3-5,13H,6-9H2,1-2H3. The van der Waals surface area contributed by atoms with E-state index in [1.54, 1.807) is 23.1 Å². The highest BCUT2D eigenvalue weighted by Gasteiger charge is 2.32. The zero-order chi connectivity index (χ0) is 79.6. The Labute approximate surface area is 658 Å². The van der Waals surface area contributed by atoms with Gasteiger partial charge >= 0.3 is 5.97 Å². The minimum atomic E-state index is -1.06. The van der Waals surface area contributed by atoms with E-state index in [-0.39, 0.29) is 52.7 Å². The summed E-state index contributed by atoms with van der Waals surface area (Å²) in [5.74, 6) is 3.01. The van der Waals surface area contributed by atoms with Crippen LogP contribution in [0.5, 0.6) is 51.7 Å². The number of phenolic OH excluding ortho intramolecular Hbond substituents is 2. The number of phenols is 2. The second kappa shape index (κ2) is 40.7. The van der Waals surface area contributed by atoms with Crippen LogP contribution < -0.4 is 43.8 Å². The second-order valence-corrected chi connectivity index (χ2v) is 28.6. The highest BCUT2D eigenvalue weighted by Crippen LogP contribution is 2.41. The van der Waals surface area contributed by atoms with Crippen LogP contribution in [0.4, 0.5) is 0 Å². The molecule has 0 radical (unpaired) electrons. The lowest BCUT2D eigenvalue weighted by atomic mass is 9.98. The molecule has 0 fully saturated rings. The molecule has 112 heavy (non-hydrogen) atoms. The average Bonchev–Trinajstić information content (AvgIpc) is 1.29. The number of carboxylic acids is 1. The monoisotopic (exact) mass is 1510 g/mol. The predicted octanol–water partition coefficient (Wildman–Crippen LogP) is 16.8. The SMILES string of the molecule is C=C(C)c1cc(C(=O)N2Cc3cccc(OCCNC)c3C2)c(OCc2ccccc2)cc1OCc1ccccc1.C=C(C)c1cc(C(=O)O)c(OCc2ccccc2)cc1OCc1ccccc1.CC(C)c1cc(C(=O)N2Cc3cccc(OCCN(C)C)c3C2)c(O)cc1O.CN(C)CCOc1cccc2c1CNC2. The van der Waals surface area contributed by atoms with Gasteiger partial charge in [-0.3, -0.25) is 9.59 Å². The van der Waals surface area contributed by atoms with Crippen molar-refractivity contribution in [2.75, 3.05) is 74.7 Å². The quantitative estimate of drug-likeness (QED) is 0.0265. The van der Waals surface area contributed by atoms with Crippen molar-refractivity contribution in [3.05, 3.63) is 314 Å². The molecule has 2 amide bonds. The van der Waals surface area contributed by atoms with Crippen LogP contribution in [0.2, 0.25) is 0 Å². The number of amides is 2. The third-order valence-corrected chi connectivity index (χ3v) is 19.0. The maximum atomic E-state index is 14.1. The number of ether oxygens (including phenoxy) is 7. The molecule has 0 aliphatic carbocycles. The Balaban J connectivity index is 0.000000166. The molecular weight excluding hydrogens is 1410 g/mol. The first-order valence-electron chi connectivity index (χ1n) is 37.7. The van der Waals surface area contributed by atoms with Crippen molar-refractivity contribution in [2.45, 2.75) is 99.3 Å². The number of aromatic carboxylic acids is 1. The molecule has 3 aliphatic rings. The van der Waals surface area contributed by atoms with Crippen molar-refractivity contribution in [1.29, 1.82) is 0 Å². The summed E-state index contributed by atoms with van der Waals surface area (Å²) in [6.45, 7) is 25.3. The predicted molar refractivity (Wildman–Crippen MR) is 441 cm³/mol. The van der Waals surface area contributed by atoms with Crippen molar-refractivity contribution < 1.29 is 62.9 Å². The first-order valence-corrected chi connectivity index (χ1v) is 37.7. The first-order chi connectivity index (χ1) is 54.1. The molecule has 0 spiro atoms. The molecule has 0 unspecified atom stereocenters. The van der Waals surface area contributed by atoms with Gasteiger partial charge in [-0.05, 0) is 147 Å². The molecule has 5 N–H and O–H groups in total. The van der Waals surface area contributed by atoms with Gasteiger partial charge in [-0.15, -0.1) is 0 Å². The number of fused-ring (bicyclic) bond motifs is 3. The summed E-state index contributed by atoms with van der Waals surface area (Å²) < 4.78 is 42.1. The highest BCUT2D eigenvalue weighted by molar-refractivity contribution is 5.99. The summed E-state index contributed by atoms with van der Waals surface area (Å²) in [4.78, 5) is 46.6. The number of aromatic hydroxyl groups is 2. The number of likely N-dealkylation sites (N-methyl/N-ethyl adjacent to an activating group) is 3. The normalized spacial score (nSPS) is 12.2. The number of rotatable bonds is 30. The molecule has 19 nitrogen and oxygen atoms in total. The number of hydrogen-bond acceptors (Lipinski definition) is 16. The topological polar surface area (TPSA) is 214 Å². The third kappa shape index (κ3) is 22.9. The average molecular weight is 1510 g/mol. The molecule has 10 aromatic carbocycles. The van der Waals surface area contributed by atoms with E-state index in [4.69, 9.17) is 33.2 Å². The van der Waals surface area contributed by atoms with Crippen molar-refractivity contribution in [3.63, 3.8) is 0 Å². The van der Waals surface area contributed by atoms with Gasteiger partial charge in [-0.25, -0.2) is 4.79 Å². The van der Waals surface area contributed by atoms with Crippen LogP contribution in [0.3, 0.4) is 0 Å². The van der Waals surface area contributed by atoms with Gasteiger partial charge in [0, 0.05) is 91.8 Å². The Bertz CT molecular complexity index is 4750. The summed E-state index contributed by atoms with van der Waals surface area (Å²) in [6, 6.07) is 67.2. The van der Waals surface area contributed by atoms with Crippen LogP contribution in [0.1, 0.15) is 137 Å². The van der Waals surface area contributed by atoms with Crippen molar-refractivity contribution in [2.24, 2.45) is 0 Å². The van der Waals surface area contributed by atoms with Crippen molar-refractivity contribution in [3.8, 4) is 51.7 Å². The molecule has 0 saturated heterocycles. The fourth-order valence-electron chi connectivity index (χ4n) is 12.8. The Morgan fingerprint density at radius 2 is 0.812 bits per heavy atom. The molecular formula is C93H104N6O13. The summed E-state index contributed by atoms with van der Waals surface area (Å²) in [7, 11) is 10.00. The molecule has 0 aromatic heterocycles. The summed E-state index contributed by atoms with van der Waals surface area (Å²) in [5, 5.41) is 36.3. The summed E-state index contributed by atoms with van der Waals surface area (Å²) in [6.07, 6.45) is 0. The second-order valence-electron chi connectivity index (χ2n) is 28.6. The Morgan fingerprint density at radius 1 is 0.429 bits per heavy atom. The molecule has 10 aromatic rings. The van der Waals surface area contributed by atoms with Crippen LogP contribution in [-0.2, 0) is 65.7 Å². The number of carbonyl (C=O) groups excluding carboxylic acids is 2. The number of benzene rings is 10. The molecule has 584 valence electrons. The fourth-order valence-corrected chi connectivity index (χ4v) is 12.8. The van der Waals surface area contributed by atoms with E-state index in [9.17, 15) is 29.7 Å². The van der Waals surface area contributed by atoms with Crippen LogP contribution in [-0.4, -0.2) is 127 Å². The lowest BCUT2D eigenvalue weighted by Gasteiger charge is -2.21. The van der Waals surface area contributed by atoms with Gasteiger partial charge in [-0.1, -0.05) is 185 Å². The van der Waals surface area contributed by atoms with Crippen LogP contribution in [0.25, 0.3) is 11.1 Å². The minimum Gasteiger partial charge on any atom is -0.508 e. The van der Waals surface area contributed by atoms with E-state index in [1.165, 1.54) is 17.2 Å². The molecule has 0 saturated carbocycles. The number of carboxylic acid groups (broad SMARTS) is 1. The van der Waals surface area contributed by atoms with E-state index in [0.29, 0.717) is 93.2 Å². The maximum absolute atomic E-state index is 14.1. The van der Waals surface area contributed by atoms with Gasteiger partial charge in [0.05, 0.1) is 24.2 Å². The lowest BCUT2D eigenvalue weighted by Crippen LogP contribution is -2.26. The van der Waals surface area contributed by atoms with Gasteiger partial charge in [0.25, 0.3) is 11.8 Å². The van der Waals surface area contributed by atoms with Gasteiger partial charge in [0.15, 0.2) is 0 Å². The highest BCUT2D eigenvalue weighted by atomic mass is 16.5. The largest absolute Gasteiger partial charge is 0.508 e. The number of hydrogen-bond donors (Lipinski definition) is 5. The van der Waals surface area contributed by atoms with Gasteiger partial charge in [0.2, 0.25) is 0 Å². The number of nitrogens with zero attached hydrogens (tertiary/aromatic N) is 4. The molecule has 19 heteroatoms. The molecule has 0 atom stereocenters. The van der Waals surface area contributed by atoms with Crippen LogP contribution >= 0.6 is 0 Å².